The summed E-state index contributed by atoms with van der Waals surface area (Å²) in [5.41, 5.74) is 4.80. The number of nitrogens with zero attached hydrogens (tertiary/aromatic N) is 2. The fourth-order valence-electron chi connectivity index (χ4n) is 2.59. The SMILES string of the molecule is N=C(N=NN)c1cccc(NCc2ccc(-c3ccccc3Cl)cc2)c1. The number of anilines is 1. The van der Waals surface area contributed by atoms with Crippen LogP contribution >= 0.6 is 11.6 Å². The van der Waals surface area contributed by atoms with Gasteiger partial charge in [-0.3, -0.25) is 5.41 Å². The minimum absolute atomic E-state index is 0.0280. The Kier molecular flexibility index (Phi) is 5.61. The van der Waals surface area contributed by atoms with Crippen molar-refractivity contribution in [1.82, 2.24) is 0 Å². The van der Waals surface area contributed by atoms with Gasteiger partial charge in [0.15, 0.2) is 5.84 Å². The molecule has 5 nitrogen and oxygen atoms in total. The van der Waals surface area contributed by atoms with Gasteiger partial charge in [-0.05, 0) is 29.3 Å². The number of hydrogen-bond acceptors (Lipinski definition) is 3. The van der Waals surface area contributed by atoms with E-state index in [1.807, 2.05) is 42.5 Å². The van der Waals surface area contributed by atoms with E-state index in [1.165, 1.54) is 0 Å². The molecule has 3 aromatic rings. The normalized spacial score (nSPS) is 10.8. The lowest BCUT2D eigenvalue weighted by molar-refractivity contribution is 1.07. The molecule has 4 N–H and O–H groups in total. The average molecular weight is 364 g/mol. The summed E-state index contributed by atoms with van der Waals surface area (Å²) in [4.78, 5) is 0. The Labute approximate surface area is 157 Å². The number of amidine groups is 1. The molecule has 0 bridgehead atoms. The van der Waals surface area contributed by atoms with E-state index in [0.717, 1.165) is 27.4 Å². The monoisotopic (exact) mass is 363 g/mol. The Balaban J connectivity index is 1.68. The lowest BCUT2D eigenvalue weighted by Gasteiger charge is -2.09. The zero-order valence-corrected chi connectivity index (χ0v) is 14.7. The van der Waals surface area contributed by atoms with Crippen molar-refractivity contribution in [3.63, 3.8) is 0 Å². The Bertz CT molecular complexity index is 935. The molecule has 0 amide bonds. The molecule has 0 atom stereocenters. The molecule has 0 aliphatic rings. The number of benzene rings is 3. The molecule has 3 rings (SSSR count). The second-order valence-electron chi connectivity index (χ2n) is 5.68. The molecule has 0 radical (unpaired) electrons. The van der Waals surface area contributed by atoms with Crippen LogP contribution in [0.15, 0.2) is 83.1 Å². The zero-order chi connectivity index (χ0) is 18.4. The fraction of sp³-hybridized carbons (Fsp3) is 0.0500. The van der Waals surface area contributed by atoms with Crippen LogP contribution in [0.2, 0.25) is 5.02 Å². The van der Waals surface area contributed by atoms with E-state index in [0.29, 0.717) is 12.1 Å². The van der Waals surface area contributed by atoms with Crippen molar-refractivity contribution in [3.8, 4) is 11.1 Å². The van der Waals surface area contributed by atoms with Crippen molar-refractivity contribution in [3.05, 3.63) is 88.9 Å². The van der Waals surface area contributed by atoms with E-state index in [1.54, 1.807) is 6.07 Å². The average Bonchev–Trinajstić information content (AvgIpc) is 2.68. The van der Waals surface area contributed by atoms with E-state index in [9.17, 15) is 0 Å². The molecule has 0 aliphatic heterocycles. The number of halogens is 1. The summed E-state index contributed by atoms with van der Waals surface area (Å²) < 4.78 is 0. The third-order valence-electron chi connectivity index (χ3n) is 3.93. The summed E-state index contributed by atoms with van der Waals surface area (Å²) in [6.07, 6.45) is 0. The van der Waals surface area contributed by atoms with E-state index in [-0.39, 0.29) is 5.84 Å². The van der Waals surface area contributed by atoms with Gasteiger partial charge < -0.3 is 11.2 Å². The molecule has 0 unspecified atom stereocenters. The molecule has 6 heteroatoms. The van der Waals surface area contributed by atoms with Crippen molar-refractivity contribution >= 4 is 23.1 Å². The lowest BCUT2D eigenvalue weighted by Crippen LogP contribution is -2.01. The predicted molar refractivity (Wildman–Crippen MR) is 107 cm³/mol. The van der Waals surface area contributed by atoms with Crippen molar-refractivity contribution in [1.29, 1.82) is 5.41 Å². The van der Waals surface area contributed by atoms with E-state index < -0.39 is 0 Å². The molecule has 0 heterocycles. The predicted octanol–water partition coefficient (Wildman–Crippen LogP) is 5.27. The Morgan fingerprint density at radius 1 is 1.00 bits per heavy atom. The van der Waals surface area contributed by atoms with Gasteiger partial charge in [0.1, 0.15) is 0 Å². The first kappa shape index (κ1) is 17.6. The second-order valence-corrected chi connectivity index (χ2v) is 6.08. The number of nitrogens with two attached hydrogens (primary N) is 1. The topological polar surface area (TPSA) is 86.6 Å². The van der Waals surface area contributed by atoms with E-state index in [4.69, 9.17) is 22.9 Å². The molecular weight excluding hydrogens is 346 g/mol. The molecule has 0 aliphatic carbocycles. The van der Waals surface area contributed by atoms with Crippen molar-refractivity contribution in [2.45, 2.75) is 6.54 Å². The van der Waals surface area contributed by atoms with Crippen LogP contribution in [-0.2, 0) is 6.54 Å². The van der Waals surface area contributed by atoms with E-state index in [2.05, 4.69) is 39.9 Å². The molecule has 0 saturated heterocycles. The van der Waals surface area contributed by atoms with Crippen LogP contribution in [0.1, 0.15) is 11.1 Å². The van der Waals surface area contributed by atoms with Crippen LogP contribution in [0.3, 0.4) is 0 Å². The lowest BCUT2D eigenvalue weighted by atomic mass is 10.0. The van der Waals surface area contributed by atoms with Crippen LogP contribution in [0, 0.1) is 5.41 Å². The summed E-state index contributed by atoms with van der Waals surface area (Å²) in [5.74, 6) is 5.02. The molecule has 26 heavy (non-hydrogen) atoms. The maximum atomic E-state index is 7.77. The first-order chi connectivity index (χ1) is 12.7. The molecule has 3 aromatic carbocycles. The smallest absolute Gasteiger partial charge is 0.176 e. The number of nitrogens with one attached hydrogen (secondary N) is 2. The van der Waals surface area contributed by atoms with Gasteiger partial charge in [-0.25, -0.2) is 0 Å². The second kappa shape index (κ2) is 8.27. The maximum absolute atomic E-state index is 7.77. The van der Waals surface area contributed by atoms with E-state index >= 15 is 0 Å². The van der Waals surface area contributed by atoms with Crippen LogP contribution in [0.4, 0.5) is 5.69 Å². The third-order valence-corrected chi connectivity index (χ3v) is 4.26. The molecule has 0 spiro atoms. The first-order valence-corrected chi connectivity index (χ1v) is 8.43. The van der Waals surface area contributed by atoms with Gasteiger partial charge in [-0.2, -0.15) is 0 Å². The van der Waals surface area contributed by atoms with Gasteiger partial charge in [0.2, 0.25) is 0 Å². The first-order valence-electron chi connectivity index (χ1n) is 8.05. The van der Waals surface area contributed by atoms with Crippen LogP contribution in [0.25, 0.3) is 11.1 Å². The van der Waals surface area contributed by atoms with Crippen LogP contribution in [-0.4, -0.2) is 5.84 Å². The fourth-order valence-corrected chi connectivity index (χ4v) is 2.84. The molecular formula is C20H18ClN5. The summed E-state index contributed by atoms with van der Waals surface area (Å²) >= 11 is 6.25. The summed E-state index contributed by atoms with van der Waals surface area (Å²) in [5, 5.41) is 18.5. The Hall–Kier alpha value is -3.18. The minimum Gasteiger partial charge on any atom is -0.381 e. The van der Waals surface area contributed by atoms with Gasteiger partial charge in [0.25, 0.3) is 0 Å². The maximum Gasteiger partial charge on any atom is 0.176 e. The summed E-state index contributed by atoms with van der Waals surface area (Å²) in [6.45, 7) is 0.665. The van der Waals surface area contributed by atoms with Crippen molar-refractivity contribution in [2.75, 3.05) is 5.32 Å². The van der Waals surface area contributed by atoms with Crippen LogP contribution in [0.5, 0.6) is 0 Å². The minimum atomic E-state index is 0.0280. The largest absolute Gasteiger partial charge is 0.381 e. The molecule has 0 aromatic heterocycles. The Morgan fingerprint density at radius 2 is 1.77 bits per heavy atom. The molecule has 130 valence electrons. The van der Waals surface area contributed by atoms with Gasteiger partial charge in [0, 0.05) is 28.4 Å². The van der Waals surface area contributed by atoms with Crippen molar-refractivity contribution < 1.29 is 0 Å². The van der Waals surface area contributed by atoms with Gasteiger partial charge >= 0.3 is 0 Å². The highest BCUT2D eigenvalue weighted by atomic mass is 35.5. The highest BCUT2D eigenvalue weighted by Gasteiger charge is 2.04. The van der Waals surface area contributed by atoms with Crippen molar-refractivity contribution in [2.24, 2.45) is 16.2 Å². The van der Waals surface area contributed by atoms with Gasteiger partial charge in [-0.1, -0.05) is 71.4 Å². The Morgan fingerprint density at radius 3 is 2.50 bits per heavy atom. The quantitative estimate of drug-likeness (QED) is 0.189. The summed E-state index contributed by atoms with van der Waals surface area (Å²) in [6, 6.07) is 23.5. The van der Waals surface area contributed by atoms with Crippen LogP contribution < -0.4 is 11.2 Å². The number of rotatable bonds is 5. The summed E-state index contributed by atoms with van der Waals surface area (Å²) in [7, 11) is 0. The van der Waals surface area contributed by atoms with Gasteiger partial charge in [0.05, 0.1) is 0 Å². The highest BCUT2D eigenvalue weighted by Crippen LogP contribution is 2.27. The zero-order valence-electron chi connectivity index (χ0n) is 14.0. The third kappa shape index (κ3) is 4.26. The molecule has 0 fully saturated rings. The molecule has 0 saturated carbocycles. The highest BCUT2D eigenvalue weighted by molar-refractivity contribution is 6.33. The number of hydrogen-bond donors (Lipinski definition) is 3. The van der Waals surface area contributed by atoms with Gasteiger partial charge in [-0.15, -0.1) is 5.11 Å². The standard InChI is InChI=1S/C20H18ClN5/c21-19-7-2-1-6-18(19)15-10-8-14(9-11-15)13-24-17-5-3-4-16(12-17)20(22)25-26-23/h1-12,24H,13H2,(H3,22,23,25).